The zero-order valence-electron chi connectivity index (χ0n) is 9.46. The number of fused-ring (bicyclic) bond motifs is 1. The maximum Gasteiger partial charge on any atom is 0.0502 e. The predicted octanol–water partition coefficient (Wildman–Crippen LogP) is 2.39. The van der Waals surface area contributed by atoms with Crippen LogP contribution >= 0.6 is 0 Å². The third kappa shape index (κ3) is 2.00. The Bertz CT molecular complexity index is 346. The summed E-state index contributed by atoms with van der Waals surface area (Å²) in [5.74, 6) is 0.762. The molecule has 1 heterocycles. The second kappa shape index (κ2) is 4.23. The average molecular weight is 205 g/mol. The van der Waals surface area contributed by atoms with E-state index in [1.807, 2.05) is 0 Å². The van der Waals surface area contributed by atoms with Gasteiger partial charge >= 0.3 is 0 Å². The van der Waals surface area contributed by atoms with E-state index in [1.165, 1.54) is 16.8 Å². The molecule has 15 heavy (non-hydrogen) atoms. The van der Waals surface area contributed by atoms with E-state index >= 15 is 0 Å². The second-order valence-electron chi connectivity index (χ2n) is 4.63. The number of anilines is 1. The van der Waals surface area contributed by atoms with Crippen molar-refractivity contribution in [3.63, 3.8) is 0 Å². The van der Waals surface area contributed by atoms with E-state index in [1.54, 1.807) is 0 Å². The minimum Gasteiger partial charge on any atom is -0.396 e. The molecule has 2 N–H and O–H groups in total. The van der Waals surface area contributed by atoms with Crippen LogP contribution in [0.3, 0.4) is 0 Å². The van der Waals surface area contributed by atoms with Gasteiger partial charge in [-0.15, -0.1) is 0 Å². The lowest BCUT2D eigenvalue weighted by atomic mass is 9.88. The number of hydrogen-bond acceptors (Lipinski definition) is 2. The van der Waals surface area contributed by atoms with Gasteiger partial charge in [-0.2, -0.15) is 0 Å². The summed E-state index contributed by atoms with van der Waals surface area (Å²) in [7, 11) is 0. The molecule has 2 nitrogen and oxygen atoms in total. The molecule has 0 fully saturated rings. The van der Waals surface area contributed by atoms with Crippen molar-refractivity contribution >= 4 is 5.69 Å². The SMILES string of the molecule is CC(C)C(CO)c1ccc2c(c1)CCN2. The van der Waals surface area contributed by atoms with Crippen LogP contribution < -0.4 is 5.32 Å². The second-order valence-corrected chi connectivity index (χ2v) is 4.63. The highest BCUT2D eigenvalue weighted by Crippen LogP contribution is 2.29. The number of aliphatic hydroxyl groups is 1. The Kier molecular flexibility index (Phi) is 2.96. The van der Waals surface area contributed by atoms with Crippen molar-refractivity contribution in [2.75, 3.05) is 18.5 Å². The lowest BCUT2D eigenvalue weighted by molar-refractivity contribution is 0.237. The fourth-order valence-corrected chi connectivity index (χ4v) is 2.26. The Morgan fingerprint density at radius 3 is 2.87 bits per heavy atom. The molecule has 1 aromatic carbocycles. The van der Waals surface area contributed by atoms with Crippen LogP contribution in [0.2, 0.25) is 0 Å². The lowest BCUT2D eigenvalue weighted by Gasteiger charge is -2.19. The molecule has 0 aromatic heterocycles. The first kappa shape index (κ1) is 10.5. The molecule has 1 aliphatic rings. The minimum absolute atomic E-state index is 0.240. The summed E-state index contributed by atoms with van der Waals surface area (Å²) in [5, 5.41) is 12.7. The molecule has 0 saturated heterocycles. The van der Waals surface area contributed by atoms with Crippen LogP contribution in [-0.2, 0) is 6.42 Å². The summed E-state index contributed by atoms with van der Waals surface area (Å²) < 4.78 is 0. The Hall–Kier alpha value is -1.02. The minimum atomic E-state index is 0.240. The van der Waals surface area contributed by atoms with Gasteiger partial charge in [0.05, 0.1) is 6.61 Å². The topological polar surface area (TPSA) is 32.3 Å². The van der Waals surface area contributed by atoms with Crippen molar-refractivity contribution in [3.05, 3.63) is 29.3 Å². The third-order valence-electron chi connectivity index (χ3n) is 3.27. The van der Waals surface area contributed by atoms with Crippen molar-refractivity contribution in [1.82, 2.24) is 0 Å². The van der Waals surface area contributed by atoms with E-state index in [-0.39, 0.29) is 12.5 Å². The van der Waals surface area contributed by atoms with Gasteiger partial charge in [-0.05, 0) is 29.5 Å². The van der Waals surface area contributed by atoms with E-state index in [9.17, 15) is 5.11 Å². The van der Waals surface area contributed by atoms with Crippen LogP contribution in [0.5, 0.6) is 0 Å². The van der Waals surface area contributed by atoms with Crippen molar-refractivity contribution in [2.45, 2.75) is 26.2 Å². The monoisotopic (exact) mass is 205 g/mol. The van der Waals surface area contributed by atoms with Gasteiger partial charge in [0, 0.05) is 18.2 Å². The number of aliphatic hydroxyl groups excluding tert-OH is 1. The fraction of sp³-hybridized carbons (Fsp3) is 0.538. The van der Waals surface area contributed by atoms with E-state index in [0.29, 0.717) is 5.92 Å². The number of benzene rings is 1. The highest BCUT2D eigenvalue weighted by molar-refractivity contribution is 5.56. The first-order valence-electron chi connectivity index (χ1n) is 5.70. The zero-order chi connectivity index (χ0) is 10.8. The maximum atomic E-state index is 9.38. The maximum absolute atomic E-state index is 9.38. The summed E-state index contributed by atoms with van der Waals surface area (Å²) in [5.41, 5.74) is 3.93. The van der Waals surface area contributed by atoms with Crippen LogP contribution in [-0.4, -0.2) is 18.3 Å². The van der Waals surface area contributed by atoms with Crippen molar-refractivity contribution in [3.8, 4) is 0 Å². The van der Waals surface area contributed by atoms with Crippen LogP contribution in [0.4, 0.5) is 5.69 Å². The Labute approximate surface area is 91.3 Å². The average Bonchev–Trinajstić information content (AvgIpc) is 2.65. The van der Waals surface area contributed by atoms with Gasteiger partial charge in [-0.1, -0.05) is 26.0 Å². The third-order valence-corrected chi connectivity index (χ3v) is 3.27. The van der Waals surface area contributed by atoms with E-state index < -0.39 is 0 Å². The van der Waals surface area contributed by atoms with Gasteiger partial charge in [0.2, 0.25) is 0 Å². The number of nitrogens with one attached hydrogen (secondary N) is 1. The predicted molar refractivity (Wildman–Crippen MR) is 63.3 cm³/mol. The fourth-order valence-electron chi connectivity index (χ4n) is 2.26. The molecule has 0 saturated carbocycles. The molecular weight excluding hydrogens is 186 g/mol. The van der Waals surface area contributed by atoms with Gasteiger partial charge in [0.25, 0.3) is 0 Å². The highest BCUT2D eigenvalue weighted by atomic mass is 16.3. The van der Waals surface area contributed by atoms with Gasteiger partial charge in [0.1, 0.15) is 0 Å². The number of rotatable bonds is 3. The lowest BCUT2D eigenvalue weighted by Crippen LogP contribution is -2.11. The summed E-state index contributed by atoms with van der Waals surface area (Å²) in [4.78, 5) is 0. The first-order valence-corrected chi connectivity index (χ1v) is 5.70. The molecule has 82 valence electrons. The smallest absolute Gasteiger partial charge is 0.0502 e. The molecule has 1 unspecified atom stereocenters. The van der Waals surface area contributed by atoms with Gasteiger partial charge < -0.3 is 10.4 Å². The zero-order valence-corrected chi connectivity index (χ0v) is 9.46. The first-order chi connectivity index (χ1) is 7.22. The standard InChI is InChI=1S/C13H19NO/c1-9(2)12(8-15)10-3-4-13-11(7-10)5-6-14-13/h3-4,7,9,12,14-15H,5-6,8H2,1-2H3. The molecule has 1 aromatic rings. The van der Waals surface area contributed by atoms with Crippen LogP contribution in [0.15, 0.2) is 18.2 Å². The van der Waals surface area contributed by atoms with Gasteiger partial charge in [0.15, 0.2) is 0 Å². The Morgan fingerprint density at radius 2 is 2.20 bits per heavy atom. The van der Waals surface area contributed by atoms with Crippen molar-refractivity contribution in [1.29, 1.82) is 0 Å². The number of hydrogen-bond donors (Lipinski definition) is 2. The molecule has 0 radical (unpaired) electrons. The Balaban J connectivity index is 2.28. The molecule has 2 rings (SSSR count). The van der Waals surface area contributed by atoms with E-state index in [0.717, 1.165) is 13.0 Å². The van der Waals surface area contributed by atoms with E-state index in [2.05, 4.69) is 37.4 Å². The molecule has 1 aliphatic heterocycles. The molecule has 0 bridgehead atoms. The normalized spacial score (nSPS) is 16.3. The molecular formula is C13H19NO. The van der Waals surface area contributed by atoms with Gasteiger partial charge in [-0.25, -0.2) is 0 Å². The van der Waals surface area contributed by atoms with Crippen LogP contribution in [0.25, 0.3) is 0 Å². The largest absolute Gasteiger partial charge is 0.396 e. The summed E-state index contributed by atoms with van der Waals surface area (Å²) in [6.45, 7) is 5.60. The van der Waals surface area contributed by atoms with E-state index in [4.69, 9.17) is 0 Å². The van der Waals surface area contributed by atoms with Gasteiger partial charge in [-0.3, -0.25) is 0 Å². The Morgan fingerprint density at radius 1 is 1.40 bits per heavy atom. The van der Waals surface area contributed by atoms with Crippen molar-refractivity contribution in [2.24, 2.45) is 5.92 Å². The molecule has 0 spiro atoms. The summed E-state index contributed by atoms with van der Waals surface area (Å²) in [6.07, 6.45) is 1.11. The van der Waals surface area contributed by atoms with Crippen molar-refractivity contribution < 1.29 is 5.11 Å². The molecule has 2 heteroatoms. The molecule has 1 atom stereocenters. The van der Waals surface area contributed by atoms with Crippen LogP contribution in [0, 0.1) is 5.92 Å². The summed E-state index contributed by atoms with van der Waals surface area (Å²) >= 11 is 0. The molecule has 0 aliphatic carbocycles. The highest BCUT2D eigenvalue weighted by Gasteiger charge is 2.17. The molecule has 0 amide bonds. The van der Waals surface area contributed by atoms with Crippen LogP contribution in [0.1, 0.15) is 30.9 Å². The summed E-state index contributed by atoms with van der Waals surface area (Å²) in [6, 6.07) is 6.52. The quantitative estimate of drug-likeness (QED) is 0.794.